The number of rotatable bonds is 5. The molecule has 1 aromatic carbocycles. The van der Waals surface area contributed by atoms with Gasteiger partial charge in [0.15, 0.2) is 0 Å². The van der Waals surface area contributed by atoms with Crippen LogP contribution in [0.4, 0.5) is 4.39 Å². The van der Waals surface area contributed by atoms with E-state index in [0.29, 0.717) is 23.0 Å². The molecule has 84 valence electrons. The van der Waals surface area contributed by atoms with Gasteiger partial charge in [-0.3, -0.25) is 0 Å². The van der Waals surface area contributed by atoms with Crippen LogP contribution in [0.15, 0.2) is 18.2 Å². The second-order valence-electron chi connectivity index (χ2n) is 3.71. The van der Waals surface area contributed by atoms with Crippen LogP contribution in [0.5, 0.6) is 0 Å². The van der Waals surface area contributed by atoms with Crippen molar-refractivity contribution in [3.63, 3.8) is 0 Å². The van der Waals surface area contributed by atoms with E-state index in [1.165, 1.54) is 6.07 Å². The topological polar surface area (TPSA) is 12.0 Å². The zero-order chi connectivity index (χ0) is 11.3. The third-order valence-electron chi connectivity index (χ3n) is 2.52. The molecular formula is C12H17ClFN. The molecule has 0 aliphatic rings. The molecule has 1 atom stereocenters. The Hall–Kier alpha value is -0.600. The van der Waals surface area contributed by atoms with Crippen molar-refractivity contribution in [3.8, 4) is 0 Å². The van der Waals surface area contributed by atoms with Crippen LogP contribution in [-0.2, 0) is 6.42 Å². The summed E-state index contributed by atoms with van der Waals surface area (Å²) in [5, 5.41) is 3.78. The summed E-state index contributed by atoms with van der Waals surface area (Å²) in [6, 6.07) is 5.03. The summed E-state index contributed by atoms with van der Waals surface area (Å²) >= 11 is 5.83. The molecule has 1 aromatic rings. The van der Waals surface area contributed by atoms with Gasteiger partial charge in [0.05, 0.1) is 0 Å². The van der Waals surface area contributed by atoms with Gasteiger partial charge >= 0.3 is 0 Å². The molecule has 0 aromatic heterocycles. The Bertz CT molecular complexity index is 314. The van der Waals surface area contributed by atoms with E-state index in [-0.39, 0.29) is 5.82 Å². The summed E-state index contributed by atoms with van der Waals surface area (Å²) < 4.78 is 13.4. The third kappa shape index (κ3) is 3.80. The number of nitrogens with one attached hydrogen (secondary N) is 1. The van der Waals surface area contributed by atoms with Crippen molar-refractivity contribution in [2.75, 3.05) is 7.05 Å². The molecule has 0 amide bonds. The van der Waals surface area contributed by atoms with Crippen LogP contribution in [0, 0.1) is 5.82 Å². The van der Waals surface area contributed by atoms with Crippen LogP contribution in [0.25, 0.3) is 0 Å². The summed E-state index contributed by atoms with van der Waals surface area (Å²) in [4.78, 5) is 0. The predicted molar refractivity (Wildman–Crippen MR) is 62.9 cm³/mol. The van der Waals surface area contributed by atoms with Crippen LogP contribution < -0.4 is 5.32 Å². The van der Waals surface area contributed by atoms with E-state index in [1.807, 2.05) is 7.05 Å². The smallest absolute Gasteiger partial charge is 0.126 e. The molecule has 0 fully saturated rings. The van der Waals surface area contributed by atoms with Crippen molar-refractivity contribution < 1.29 is 4.39 Å². The third-order valence-corrected chi connectivity index (χ3v) is 2.75. The summed E-state index contributed by atoms with van der Waals surface area (Å²) in [6.45, 7) is 2.12. The summed E-state index contributed by atoms with van der Waals surface area (Å²) in [6.07, 6.45) is 2.83. The first-order valence-corrected chi connectivity index (χ1v) is 5.66. The number of hydrogen-bond acceptors (Lipinski definition) is 1. The van der Waals surface area contributed by atoms with Gasteiger partial charge in [-0.15, -0.1) is 0 Å². The average Bonchev–Trinajstić information content (AvgIpc) is 2.22. The maximum atomic E-state index is 13.4. The van der Waals surface area contributed by atoms with E-state index in [4.69, 9.17) is 11.6 Å². The second-order valence-corrected chi connectivity index (χ2v) is 4.15. The average molecular weight is 230 g/mol. The molecule has 0 heterocycles. The van der Waals surface area contributed by atoms with Crippen molar-refractivity contribution in [2.45, 2.75) is 32.2 Å². The Morgan fingerprint density at radius 1 is 1.47 bits per heavy atom. The van der Waals surface area contributed by atoms with E-state index >= 15 is 0 Å². The summed E-state index contributed by atoms with van der Waals surface area (Å²) in [5.41, 5.74) is 0.690. The molecule has 1 unspecified atom stereocenters. The van der Waals surface area contributed by atoms with Crippen LogP contribution in [-0.4, -0.2) is 13.1 Å². The zero-order valence-corrected chi connectivity index (χ0v) is 9.94. The van der Waals surface area contributed by atoms with Gasteiger partial charge in [0, 0.05) is 11.1 Å². The summed E-state index contributed by atoms with van der Waals surface area (Å²) in [7, 11) is 1.91. The Kier molecular flexibility index (Phi) is 5.06. The molecule has 3 heteroatoms. The fourth-order valence-electron chi connectivity index (χ4n) is 1.66. The van der Waals surface area contributed by atoms with Crippen molar-refractivity contribution in [1.82, 2.24) is 5.32 Å². The Balaban J connectivity index is 2.73. The molecule has 0 bridgehead atoms. The summed E-state index contributed by atoms with van der Waals surface area (Å²) in [5.74, 6) is -0.171. The van der Waals surface area contributed by atoms with Gasteiger partial charge in [-0.1, -0.05) is 24.9 Å². The Morgan fingerprint density at radius 2 is 2.20 bits per heavy atom. The molecule has 15 heavy (non-hydrogen) atoms. The first kappa shape index (κ1) is 12.5. The lowest BCUT2D eigenvalue weighted by Crippen LogP contribution is -2.27. The van der Waals surface area contributed by atoms with E-state index < -0.39 is 0 Å². The minimum atomic E-state index is -0.171. The van der Waals surface area contributed by atoms with Crippen molar-refractivity contribution >= 4 is 11.6 Å². The fourth-order valence-corrected chi connectivity index (χ4v) is 1.86. The van der Waals surface area contributed by atoms with Gasteiger partial charge in [-0.2, -0.15) is 0 Å². The van der Waals surface area contributed by atoms with E-state index in [2.05, 4.69) is 12.2 Å². The van der Waals surface area contributed by atoms with Gasteiger partial charge in [0.2, 0.25) is 0 Å². The monoisotopic (exact) mass is 229 g/mol. The molecule has 0 saturated heterocycles. The van der Waals surface area contributed by atoms with Crippen LogP contribution in [0.3, 0.4) is 0 Å². The lowest BCUT2D eigenvalue weighted by Gasteiger charge is -2.15. The van der Waals surface area contributed by atoms with Crippen molar-refractivity contribution in [3.05, 3.63) is 34.6 Å². The van der Waals surface area contributed by atoms with Gasteiger partial charge < -0.3 is 5.32 Å². The maximum absolute atomic E-state index is 13.4. The second kappa shape index (κ2) is 6.09. The molecule has 1 rings (SSSR count). The largest absolute Gasteiger partial charge is 0.317 e. The number of likely N-dealkylation sites (N-methyl/N-ethyl adjacent to an activating group) is 1. The molecule has 1 nitrogen and oxygen atoms in total. The highest BCUT2D eigenvalue weighted by Gasteiger charge is 2.10. The van der Waals surface area contributed by atoms with E-state index in [0.717, 1.165) is 12.8 Å². The van der Waals surface area contributed by atoms with Crippen molar-refractivity contribution in [2.24, 2.45) is 0 Å². The lowest BCUT2D eigenvalue weighted by molar-refractivity contribution is 0.499. The Labute approximate surface area is 95.6 Å². The number of benzene rings is 1. The molecule has 1 N–H and O–H groups in total. The van der Waals surface area contributed by atoms with Gasteiger partial charge in [-0.25, -0.2) is 4.39 Å². The SMILES string of the molecule is CCCC(Cc1cc(Cl)ccc1F)NC. The number of hydrogen-bond donors (Lipinski definition) is 1. The first-order chi connectivity index (χ1) is 7.17. The molecular weight excluding hydrogens is 213 g/mol. The zero-order valence-electron chi connectivity index (χ0n) is 9.19. The van der Waals surface area contributed by atoms with Crippen LogP contribution in [0.2, 0.25) is 5.02 Å². The van der Waals surface area contributed by atoms with Gasteiger partial charge in [-0.05, 0) is 43.7 Å². The fraction of sp³-hybridized carbons (Fsp3) is 0.500. The lowest BCUT2D eigenvalue weighted by atomic mass is 10.0. The maximum Gasteiger partial charge on any atom is 0.126 e. The van der Waals surface area contributed by atoms with E-state index in [9.17, 15) is 4.39 Å². The van der Waals surface area contributed by atoms with Gasteiger partial charge in [0.25, 0.3) is 0 Å². The standard InChI is InChI=1S/C12H17ClFN/c1-3-4-11(15-2)8-9-7-10(13)5-6-12(9)14/h5-7,11,15H,3-4,8H2,1-2H3. The highest BCUT2D eigenvalue weighted by molar-refractivity contribution is 6.30. The number of halogens is 2. The normalized spacial score (nSPS) is 12.8. The highest BCUT2D eigenvalue weighted by Crippen LogP contribution is 2.17. The minimum Gasteiger partial charge on any atom is -0.317 e. The van der Waals surface area contributed by atoms with Crippen molar-refractivity contribution in [1.29, 1.82) is 0 Å². The molecule has 0 aliphatic heterocycles. The van der Waals surface area contributed by atoms with Crippen LogP contribution in [0.1, 0.15) is 25.3 Å². The quantitative estimate of drug-likeness (QED) is 0.816. The first-order valence-electron chi connectivity index (χ1n) is 5.28. The predicted octanol–water partition coefficient (Wildman–Crippen LogP) is 3.41. The molecule has 0 spiro atoms. The van der Waals surface area contributed by atoms with E-state index in [1.54, 1.807) is 12.1 Å². The van der Waals surface area contributed by atoms with Crippen LogP contribution >= 0.6 is 11.6 Å². The van der Waals surface area contributed by atoms with Gasteiger partial charge in [0.1, 0.15) is 5.82 Å². The minimum absolute atomic E-state index is 0.171. The highest BCUT2D eigenvalue weighted by atomic mass is 35.5. The molecule has 0 radical (unpaired) electrons. The molecule has 0 aliphatic carbocycles. The Morgan fingerprint density at radius 3 is 2.80 bits per heavy atom. The molecule has 0 saturated carbocycles.